The minimum absolute atomic E-state index is 0.293. The van der Waals surface area contributed by atoms with Crippen molar-refractivity contribution in [2.75, 3.05) is 0 Å². The Balaban J connectivity index is 2.41. The normalized spacial score (nSPS) is 10.0. The van der Waals surface area contributed by atoms with Crippen LogP contribution in [0.4, 0.5) is 0 Å². The number of ether oxygens (including phenoxy) is 1. The highest BCUT2D eigenvalue weighted by atomic mass is 16.5. The zero-order chi connectivity index (χ0) is 12.3. The Morgan fingerprint density at radius 1 is 1.00 bits per heavy atom. The number of hydrogen-bond acceptors (Lipinski definition) is 2. The van der Waals surface area contributed by atoms with Crippen LogP contribution in [0.25, 0.3) is 11.1 Å². The summed E-state index contributed by atoms with van der Waals surface area (Å²) < 4.78 is 5.17. The standard InChI is InChI=1S/C15H14O2/c1-11-8-9-14(10-15(11)17-12(2)16)13-6-4-3-5-7-13/h3-10H,1-2H3. The third kappa shape index (κ3) is 2.72. The monoisotopic (exact) mass is 226 g/mol. The second-order valence-electron chi connectivity index (χ2n) is 3.94. The van der Waals surface area contributed by atoms with E-state index in [-0.39, 0.29) is 5.97 Å². The van der Waals surface area contributed by atoms with E-state index < -0.39 is 0 Å². The molecule has 0 fully saturated rings. The fourth-order valence-corrected chi connectivity index (χ4v) is 1.68. The van der Waals surface area contributed by atoms with E-state index in [4.69, 9.17) is 4.74 Å². The highest BCUT2D eigenvalue weighted by Gasteiger charge is 2.05. The van der Waals surface area contributed by atoms with Crippen LogP contribution in [-0.2, 0) is 4.79 Å². The molecule has 0 heterocycles. The van der Waals surface area contributed by atoms with Gasteiger partial charge in [0, 0.05) is 6.92 Å². The summed E-state index contributed by atoms with van der Waals surface area (Å²) in [5.41, 5.74) is 3.12. The molecule has 2 rings (SSSR count). The van der Waals surface area contributed by atoms with E-state index in [1.165, 1.54) is 6.92 Å². The van der Waals surface area contributed by atoms with Crippen molar-refractivity contribution in [2.24, 2.45) is 0 Å². The number of benzene rings is 2. The lowest BCUT2D eigenvalue weighted by Crippen LogP contribution is -2.02. The van der Waals surface area contributed by atoms with Gasteiger partial charge in [-0.1, -0.05) is 42.5 Å². The third-order valence-electron chi connectivity index (χ3n) is 2.55. The molecule has 0 aliphatic carbocycles. The van der Waals surface area contributed by atoms with Crippen molar-refractivity contribution in [2.45, 2.75) is 13.8 Å². The second-order valence-corrected chi connectivity index (χ2v) is 3.94. The summed E-state index contributed by atoms with van der Waals surface area (Å²) >= 11 is 0. The smallest absolute Gasteiger partial charge is 0.308 e. The number of carbonyl (C=O) groups excluding carboxylic acids is 1. The first-order chi connectivity index (χ1) is 8.16. The summed E-state index contributed by atoms with van der Waals surface area (Å²) in [4.78, 5) is 11.0. The van der Waals surface area contributed by atoms with Gasteiger partial charge in [0.05, 0.1) is 0 Å². The average Bonchev–Trinajstić information content (AvgIpc) is 2.32. The number of hydrogen-bond donors (Lipinski definition) is 0. The lowest BCUT2D eigenvalue weighted by molar-refractivity contribution is -0.131. The number of esters is 1. The molecule has 86 valence electrons. The zero-order valence-corrected chi connectivity index (χ0v) is 9.94. The lowest BCUT2D eigenvalue weighted by Gasteiger charge is -2.08. The molecule has 0 bridgehead atoms. The quantitative estimate of drug-likeness (QED) is 0.578. The predicted octanol–water partition coefficient (Wildman–Crippen LogP) is 3.59. The van der Waals surface area contributed by atoms with Crippen LogP contribution in [0.1, 0.15) is 12.5 Å². The van der Waals surface area contributed by atoms with Gasteiger partial charge < -0.3 is 4.74 Å². The van der Waals surface area contributed by atoms with Gasteiger partial charge in [0.1, 0.15) is 5.75 Å². The Kier molecular flexibility index (Phi) is 3.24. The van der Waals surface area contributed by atoms with Gasteiger partial charge in [-0.25, -0.2) is 0 Å². The van der Waals surface area contributed by atoms with Gasteiger partial charge in [-0.15, -0.1) is 0 Å². The van der Waals surface area contributed by atoms with Crippen molar-refractivity contribution in [1.82, 2.24) is 0 Å². The summed E-state index contributed by atoms with van der Waals surface area (Å²) in [6.07, 6.45) is 0. The first kappa shape index (κ1) is 11.4. The maximum absolute atomic E-state index is 11.0. The van der Waals surface area contributed by atoms with Gasteiger partial charge in [-0.05, 0) is 29.7 Å². The molecule has 0 saturated carbocycles. The fraction of sp³-hybridized carbons (Fsp3) is 0.133. The van der Waals surface area contributed by atoms with E-state index in [0.29, 0.717) is 5.75 Å². The van der Waals surface area contributed by atoms with Gasteiger partial charge in [0.15, 0.2) is 0 Å². The van der Waals surface area contributed by atoms with Crippen LogP contribution in [0.15, 0.2) is 48.5 Å². The van der Waals surface area contributed by atoms with Crippen LogP contribution in [0.3, 0.4) is 0 Å². The molecule has 0 saturated heterocycles. The van der Waals surface area contributed by atoms with E-state index in [2.05, 4.69) is 0 Å². The van der Waals surface area contributed by atoms with Gasteiger partial charge in [0.25, 0.3) is 0 Å². The van der Waals surface area contributed by atoms with Gasteiger partial charge >= 0.3 is 5.97 Å². The molecular formula is C15H14O2. The molecule has 0 aliphatic rings. The maximum atomic E-state index is 11.0. The minimum atomic E-state index is -0.293. The molecule has 0 unspecified atom stereocenters. The molecule has 17 heavy (non-hydrogen) atoms. The van der Waals surface area contributed by atoms with Crippen molar-refractivity contribution < 1.29 is 9.53 Å². The predicted molar refractivity (Wildman–Crippen MR) is 67.9 cm³/mol. The lowest BCUT2D eigenvalue weighted by atomic mass is 10.0. The molecule has 0 N–H and O–H groups in total. The van der Waals surface area contributed by atoms with Crippen molar-refractivity contribution in [3.8, 4) is 16.9 Å². The number of carbonyl (C=O) groups is 1. The number of aryl methyl sites for hydroxylation is 1. The van der Waals surface area contributed by atoms with Crippen LogP contribution in [0, 0.1) is 6.92 Å². The Morgan fingerprint density at radius 3 is 2.35 bits per heavy atom. The van der Waals surface area contributed by atoms with Crippen LogP contribution in [-0.4, -0.2) is 5.97 Å². The van der Waals surface area contributed by atoms with Crippen molar-refractivity contribution in [3.63, 3.8) is 0 Å². The van der Waals surface area contributed by atoms with E-state index >= 15 is 0 Å². The number of rotatable bonds is 2. The molecule has 2 aromatic rings. The molecule has 2 heteroatoms. The van der Waals surface area contributed by atoms with E-state index in [1.807, 2.05) is 55.5 Å². The average molecular weight is 226 g/mol. The molecule has 0 aromatic heterocycles. The summed E-state index contributed by atoms with van der Waals surface area (Å²) in [5, 5.41) is 0. The fourth-order valence-electron chi connectivity index (χ4n) is 1.68. The topological polar surface area (TPSA) is 26.3 Å². The van der Waals surface area contributed by atoms with E-state index in [9.17, 15) is 4.79 Å². The van der Waals surface area contributed by atoms with Crippen molar-refractivity contribution in [1.29, 1.82) is 0 Å². The van der Waals surface area contributed by atoms with Crippen LogP contribution < -0.4 is 4.74 Å². The van der Waals surface area contributed by atoms with E-state index in [1.54, 1.807) is 0 Å². The summed E-state index contributed by atoms with van der Waals surface area (Å²) in [6, 6.07) is 15.9. The largest absolute Gasteiger partial charge is 0.426 e. The van der Waals surface area contributed by atoms with Gasteiger partial charge in [-0.3, -0.25) is 4.79 Å². The molecule has 0 atom stereocenters. The molecule has 0 aliphatic heterocycles. The third-order valence-corrected chi connectivity index (χ3v) is 2.55. The van der Waals surface area contributed by atoms with E-state index in [0.717, 1.165) is 16.7 Å². The first-order valence-electron chi connectivity index (χ1n) is 5.51. The molecule has 0 radical (unpaired) electrons. The Morgan fingerprint density at radius 2 is 1.71 bits per heavy atom. The SMILES string of the molecule is CC(=O)Oc1cc(-c2ccccc2)ccc1C. The molecule has 0 spiro atoms. The molecule has 2 nitrogen and oxygen atoms in total. The van der Waals surface area contributed by atoms with Crippen LogP contribution in [0.2, 0.25) is 0 Å². The van der Waals surface area contributed by atoms with Gasteiger partial charge in [-0.2, -0.15) is 0 Å². The summed E-state index contributed by atoms with van der Waals surface area (Å²) in [5.74, 6) is 0.331. The Bertz CT molecular complexity index is 530. The molecule has 2 aromatic carbocycles. The summed E-state index contributed by atoms with van der Waals surface area (Å²) in [7, 11) is 0. The Hall–Kier alpha value is -2.09. The zero-order valence-electron chi connectivity index (χ0n) is 9.94. The minimum Gasteiger partial charge on any atom is -0.426 e. The highest BCUT2D eigenvalue weighted by Crippen LogP contribution is 2.26. The first-order valence-corrected chi connectivity index (χ1v) is 5.51. The Labute approximate surface area is 101 Å². The van der Waals surface area contributed by atoms with Crippen LogP contribution >= 0.6 is 0 Å². The molecular weight excluding hydrogens is 212 g/mol. The van der Waals surface area contributed by atoms with Crippen LogP contribution in [0.5, 0.6) is 5.75 Å². The summed E-state index contributed by atoms with van der Waals surface area (Å²) in [6.45, 7) is 3.33. The van der Waals surface area contributed by atoms with Crippen molar-refractivity contribution >= 4 is 5.97 Å². The highest BCUT2D eigenvalue weighted by molar-refractivity contribution is 5.72. The van der Waals surface area contributed by atoms with Crippen molar-refractivity contribution in [3.05, 3.63) is 54.1 Å². The maximum Gasteiger partial charge on any atom is 0.308 e. The van der Waals surface area contributed by atoms with Gasteiger partial charge in [0.2, 0.25) is 0 Å². The second kappa shape index (κ2) is 4.83. The molecule has 0 amide bonds.